The smallest absolute Gasteiger partial charge is 0.396 e. The monoisotopic (exact) mass is 282 g/mol. The molecule has 0 unspecified atom stereocenters. The van der Waals surface area contributed by atoms with Crippen LogP contribution >= 0.6 is 11.3 Å². The predicted molar refractivity (Wildman–Crippen MR) is 64.6 cm³/mol. The minimum absolute atomic E-state index is 0.0352. The molecule has 0 aliphatic heterocycles. The van der Waals surface area contributed by atoms with Crippen LogP contribution in [0, 0.1) is 0 Å². The van der Waals surface area contributed by atoms with E-state index in [1.54, 1.807) is 0 Å². The summed E-state index contributed by atoms with van der Waals surface area (Å²) < 4.78 is 37.7. The summed E-state index contributed by atoms with van der Waals surface area (Å²) >= 11 is 0.692. The fraction of sp³-hybridized carbons (Fsp3) is 0.727. The number of thiazole rings is 1. The molecular formula is C11H17F3N2OS. The van der Waals surface area contributed by atoms with Crippen molar-refractivity contribution in [3.05, 3.63) is 15.6 Å². The van der Waals surface area contributed by atoms with Gasteiger partial charge in [0.05, 0.1) is 5.69 Å². The molecule has 0 aliphatic carbocycles. The average Bonchev–Trinajstić information content (AvgIpc) is 2.68. The maximum absolute atomic E-state index is 12.6. The van der Waals surface area contributed by atoms with Crippen molar-refractivity contribution < 1.29 is 18.3 Å². The van der Waals surface area contributed by atoms with E-state index in [1.165, 1.54) is 0 Å². The molecule has 0 aromatic carbocycles. The van der Waals surface area contributed by atoms with Gasteiger partial charge < -0.3 is 10.4 Å². The number of hydrogen-bond donors (Lipinski definition) is 2. The first-order valence-corrected chi connectivity index (χ1v) is 6.56. The lowest BCUT2D eigenvalue weighted by atomic mass is 10.1. The Morgan fingerprint density at radius 3 is 2.56 bits per heavy atom. The molecule has 0 bridgehead atoms. The largest absolute Gasteiger partial charge is 0.443 e. The summed E-state index contributed by atoms with van der Waals surface area (Å²) in [5.74, 6) is -0.0352. The number of nitrogens with one attached hydrogen (secondary N) is 1. The minimum Gasteiger partial charge on any atom is -0.396 e. The minimum atomic E-state index is -4.38. The van der Waals surface area contributed by atoms with E-state index < -0.39 is 11.2 Å². The van der Waals surface area contributed by atoms with Gasteiger partial charge in [-0.1, -0.05) is 13.8 Å². The number of aliphatic hydroxyl groups excluding tert-OH is 1. The van der Waals surface area contributed by atoms with Crippen LogP contribution in [0.5, 0.6) is 0 Å². The van der Waals surface area contributed by atoms with Crippen LogP contribution in [0.2, 0.25) is 0 Å². The molecule has 0 atom stereocenters. The molecule has 3 nitrogen and oxygen atoms in total. The molecule has 1 heterocycles. The zero-order chi connectivity index (χ0) is 13.8. The van der Waals surface area contributed by atoms with Gasteiger partial charge in [-0.05, 0) is 18.9 Å². The zero-order valence-electron chi connectivity index (χ0n) is 10.3. The number of alkyl halides is 3. The van der Waals surface area contributed by atoms with Crippen molar-refractivity contribution in [3.63, 3.8) is 0 Å². The Labute approximate surface area is 108 Å². The number of halogens is 3. The Hall–Kier alpha value is -0.660. The molecule has 0 radical (unpaired) electrons. The second-order valence-corrected chi connectivity index (χ2v) is 5.32. The van der Waals surface area contributed by atoms with Crippen molar-refractivity contribution >= 4 is 11.3 Å². The van der Waals surface area contributed by atoms with Crippen molar-refractivity contribution in [2.75, 3.05) is 13.2 Å². The summed E-state index contributed by atoms with van der Waals surface area (Å²) in [6, 6.07) is 0. The molecule has 104 valence electrons. The average molecular weight is 282 g/mol. The van der Waals surface area contributed by atoms with Crippen LogP contribution in [0.1, 0.15) is 41.8 Å². The molecule has 1 rings (SSSR count). The van der Waals surface area contributed by atoms with Crippen LogP contribution < -0.4 is 5.32 Å². The standard InChI is InChI=1S/C11H17F3N2OS/c1-7(2)9-8(6-15-4-3-5-17)18-10(16-9)11(12,13)14/h7,15,17H,3-6H2,1-2H3. The lowest BCUT2D eigenvalue weighted by molar-refractivity contribution is -0.137. The van der Waals surface area contributed by atoms with E-state index in [-0.39, 0.29) is 12.5 Å². The predicted octanol–water partition coefficient (Wildman–Crippen LogP) is 2.76. The van der Waals surface area contributed by atoms with E-state index in [9.17, 15) is 13.2 Å². The van der Waals surface area contributed by atoms with E-state index in [0.29, 0.717) is 41.4 Å². The number of aliphatic hydroxyl groups is 1. The quantitative estimate of drug-likeness (QED) is 0.789. The highest BCUT2D eigenvalue weighted by Gasteiger charge is 2.36. The van der Waals surface area contributed by atoms with Crippen LogP contribution in [0.15, 0.2) is 0 Å². The Balaban J connectivity index is 2.78. The lowest BCUT2D eigenvalue weighted by Crippen LogP contribution is -2.16. The third-order valence-electron chi connectivity index (χ3n) is 2.31. The molecule has 1 aromatic rings. The van der Waals surface area contributed by atoms with Crippen LogP contribution in [-0.2, 0) is 12.7 Å². The summed E-state index contributed by atoms with van der Waals surface area (Å²) in [4.78, 5) is 4.30. The first-order chi connectivity index (χ1) is 8.36. The first kappa shape index (κ1) is 15.4. The van der Waals surface area contributed by atoms with Gasteiger partial charge in [-0.15, -0.1) is 11.3 Å². The van der Waals surface area contributed by atoms with Gasteiger partial charge in [0.1, 0.15) is 0 Å². The normalized spacial score (nSPS) is 12.4. The van der Waals surface area contributed by atoms with Crippen LogP contribution in [0.25, 0.3) is 0 Å². The highest BCUT2D eigenvalue weighted by molar-refractivity contribution is 7.11. The summed E-state index contributed by atoms with van der Waals surface area (Å²) in [6.45, 7) is 4.66. The molecule has 1 aromatic heterocycles. The number of aromatic nitrogens is 1. The summed E-state index contributed by atoms with van der Waals surface area (Å²) in [5.41, 5.74) is 0.504. The number of rotatable bonds is 6. The highest BCUT2D eigenvalue weighted by atomic mass is 32.1. The van der Waals surface area contributed by atoms with E-state index in [1.807, 2.05) is 13.8 Å². The van der Waals surface area contributed by atoms with E-state index in [4.69, 9.17) is 5.11 Å². The molecule has 0 amide bonds. The van der Waals surface area contributed by atoms with Crippen molar-refractivity contribution in [2.45, 2.75) is 38.9 Å². The van der Waals surface area contributed by atoms with E-state index in [0.717, 1.165) is 0 Å². The first-order valence-electron chi connectivity index (χ1n) is 5.74. The Kier molecular flexibility index (Phi) is 5.55. The zero-order valence-corrected chi connectivity index (χ0v) is 11.2. The van der Waals surface area contributed by atoms with E-state index in [2.05, 4.69) is 10.3 Å². The fourth-order valence-corrected chi connectivity index (χ4v) is 2.52. The molecule has 2 N–H and O–H groups in total. The molecular weight excluding hydrogens is 265 g/mol. The second kappa shape index (κ2) is 6.49. The molecule has 0 saturated carbocycles. The van der Waals surface area contributed by atoms with Crippen molar-refractivity contribution in [3.8, 4) is 0 Å². The Morgan fingerprint density at radius 1 is 1.39 bits per heavy atom. The fourth-order valence-electron chi connectivity index (χ4n) is 1.47. The molecule has 0 spiro atoms. The van der Waals surface area contributed by atoms with Crippen molar-refractivity contribution in [1.82, 2.24) is 10.3 Å². The molecule has 7 heteroatoms. The Morgan fingerprint density at radius 2 is 2.06 bits per heavy atom. The highest BCUT2D eigenvalue weighted by Crippen LogP contribution is 2.36. The maximum atomic E-state index is 12.6. The van der Waals surface area contributed by atoms with E-state index >= 15 is 0 Å². The van der Waals surface area contributed by atoms with Crippen LogP contribution in [-0.4, -0.2) is 23.2 Å². The third-order valence-corrected chi connectivity index (χ3v) is 3.43. The van der Waals surface area contributed by atoms with Crippen molar-refractivity contribution in [1.29, 1.82) is 0 Å². The topological polar surface area (TPSA) is 45.2 Å². The summed E-state index contributed by atoms with van der Waals surface area (Å²) in [6.07, 6.45) is -3.79. The van der Waals surface area contributed by atoms with Gasteiger partial charge >= 0.3 is 6.18 Å². The third kappa shape index (κ3) is 4.22. The van der Waals surface area contributed by atoms with Gasteiger partial charge in [0.25, 0.3) is 0 Å². The maximum Gasteiger partial charge on any atom is 0.443 e. The van der Waals surface area contributed by atoms with Gasteiger partial charge in [0.15, 0.2) is 5.01 Å². The molecule has 0 fully saturated rings. The molecule has 0 saturated heterocycles. The summed E-state index contributed by atoms with van der Waals surface area (Å²) in [5, 5.41) is 10.8. The van der Waals surface area contributed by atoms with Gasteiger partial charge in [-0.25, -0.2) is 4.98 Å². The Bertz CT molecular complexity index is 377. The van der Waals surface area contributed by atoms with Crippen molar-refractivity contribution in [2.24, 2.45) is 0 Å². The number of hydrogen-bond acceptors (Lipinski definition) is 4. The lowest BCUT2D eigenvalue weighted by Gasteiger charge is -2.06. The summed E-state index contributed by atoms with van der Waals surface area (Å²) in [7, 11) is 0. The van der Waals surface area contributed by atoms with Gasteiger partial charge in [0, 0.05) is 18.0 Å². The van der Waals surface area contributed by atoms with Gasteiger partial charge in [0.2, 0.25) is 0 Å². The van der Waals surface area contributed by atoms with Crippen LogP contribution in [0.3, 0.4) is 0 Å². The van der Waals surface area contributed by atoms with Gasteiger partial charge in [-0.2, -0.15) is 13.2 Å². The van der Waals surface area contributed by atoms with Crippen LogP contribution in [0.4, 0.5) is 13.2 Å². The molecule has 18 heavy (non-hydrogen) atoms. The number of nitrogens with zero attached hydrogens (tertiary/aromatic N) is 1. The molecule has 0 aliphatic rings. The SMILES string of the molecule is CC(C)c1nc(C(F)(F)F)sc1CNCCCO. The van der Waals surface area contributed by atoms with Gasteiger partial charge in [-0.3, -0.25) is 0 Å². The second-order valence-electron chi connectivity index (χ2n) is 4.23.